The van der Waals surface area contributed by atoms with Gasteiger partial charge in [0.15, 0.2) is 5.82 Å². The maximum Gasteiger partial charge on any atom is 0.254 e. The van der Waals surface area contributed by atoms with E-state index in [4.69, 9.17) is 21.3 Å². The molecule has 3 aliphatic rings. The van der Waals surface area contributed by atoms with E-state index in [1.54, 1.807) is 7.11 Å². The van der Waals surface area contributed by atoms with Crippen LogP contribution in [0.4, 0.5) is 29.0 Å². The first kappa shape index (κ1) is 26.5. The number of likely N-dealkylation sites (N-methyl/N-ethyl adjacent to an activating group) is 1. The van der Waals surface area contributed by atoms with Crippen LogP contribution in [0.3, 0.4) is 0 Å². The van der Waals surface area contributed by atoms with Gasteiger partial charge in [-0.25, -0.2) is 4.98 Å². The smallest absolute Gasteiger partial charge is 0.254 e. The summed E-state index contributed by atoms with van der Waals surface area (Å²) in [6, 6.07) is 10.2. The summed E-state index contributed by atoms with van der Waals surface area (Å²) in [6.45, 7) is 7.04. The van der Waals surface area contributed by atoms with Crippen molar-refractivity contribution in [1.29, 1.82) is 0 Å². The Bertz CT molecular complexity index is 1390. The van der Waals surface area contributed by atoms with E-state index < -0.39 is 0 Å². The predicted molar refractivity (Wildman–Crippen MR) is 156 cm³/mol. The topological polar surface area (TPSA) is 111 Å². The minimum absolute atomic E-state index is 0.124. The van der Waals surface area contributed by atoms with Crippen LogP contribution in [0.2, 0.25) is 5.02 Å². The van der Waals surface area contributed by atoms with Crippen molar-refractivity contribution in [2.45, 2.75) is 25.4 Å². The van der Waals surface area contributed by atoms with E-state index in [-0.39, 0.29) is 5.91 Å². The van der Waals surface area contributed by atoms with Crippen molar-refractivity contribution in [2.75, 3.05) is 69.0 Å². The number of pyridine rings is 1. The van der Waals surface area contributed by atoms with E-state index in [1.165, 1.54) is 6.20 Å². The summed E-state index contributed by atoms with van der Waals surface area (Å²) in [5, 5.41) is 9.58. The van der Waals surface area contributed by atoms with Crippen LogP contribution in [0.1, 0.15) is 28.8 Å². The number of piperidine rings is 1. The number of aromatic nitrogens is 3. The number of hydrogen-bond acceptors (Lipinski definition) is 10. The molecule has 0 saturated carbocycles. The van der Waals surface area contributed by atoms with Gasteiger partial charge in [-0.15, -0.1) is 0 Å². The lowest BCUT2D eigenvalue weighted by atomic mass is 10.0. The first-order valence-electron chi connectivity index (χ1n) is 13.7. The van der Waals surface area contributed by atoms with Crippen LogP contribution in [-0.2, 0) is 6.54 Å². The summed E-state index contributed by atoms with van der Waals surface area (Å²) in [6.07, 6.45) is 3.78. The molecule has 3 aromatic rings. The number of anilines is 5. The Morgan fingerprint density at radius 2 is 1.80 bits per heavy atom. The highest BCUT2D eigenvalue weighted by Crippen LogP contribution is 2.32. The molecule has 5 heterocycles. The zero-order chi connectivity index (χ0) is 27.6. The minimum atomic E-state index is -0.124. The molecule has 210 valence electrons. The number of carbonyl (C=O) groups is 1. The zero-order valence-corrected chi connectivity index (χ0v) is 23.5. The number of rotatable bonds is 7. The van der Waals surface area contributed by atoms with Crippen LogP contribution in [0.15, 0.2) is 36.5 Å². The van der Waals surface area contributed by atoms with Crippen molar-refractivity contribution in [2.24, 2.45) is 0 Å². The molecule has 0 radical (unpaired) electrons. The van der Waals surface area contributed by atoms with E-state index >= 15 is 0 Å². The van der Waals surface area contributed by atoms with Crippen LogP contribution in [0.5, 0.6) is 5.88 Å². The van der Waals surface area contributed by atoms with Crippen molar-refractivity contribution >= 4 is 46.5 Å². The zero-order valence-electron chi connectivity index (χ0n) is 22.8. The second-order valence-electron chi connectivity index (χ2n) is 10.4. The number of carbonyl (C=O) groups excluding carboxylic acids is 1. The molecule has 3 N–H and O–H groups in total. The number of piperazine rings is 1. The highest BCUT2D eigenvalue weighted by atomic mass is 35.5. The molecular formula is C28H34ClN9O2. The standard InChI is InChI=1S/C28H34ClN9O2/c1-36-12-14-37(15-13-36)19-8-10-38(11-9-19)23-7-6-22(27(34-23)40-2)33-28-31-17-20(29)25(35-28)32-21-5-3-4-18-16-30-26(39)24(18)21/h3-7,17,19H,8-16H2,1-2H3,(H,30,39)(H2,31,32,33,35). The molecule has 40 heavy (non-hydrogen) atoms. The fourth-order valence-electron chi connectivity index (χ4n) is 5.65. The molecule has 1 aromatic carbocycles. The van der Waals surface area contributed by atoms with Gasteiger partial charge in [0, 0.05) is 51.9 Å². The first-order chi connectivity index (χ1) is 19.5. The van der Waals surface area contributed by atoms with Crippen molar-refractivity contribution in [3.05, 3.63) is 52.7 Å². The fraction of sp³-hybridized carbons (Fsp3) is 0.429. The summed E-state index contributed by atoms with van der Waals surface area (Å²) in [5.41, 5.74) is 2.81. The lowest BCUT2D eigenvalue weighted by molar-refractivity contribution is 0.0966. The Morgan fingerprint density at radius 3 is 2.58 bits per heavy atom. The number of ether oxygens (including phenoxy) is 1. The predicted octanol–water partition coefficient (Wildman–Crippen LogP) is 3.48. The Labute approximate surface area is 238 Å². The summed E-state index contributed by atoms with van der Waals surface area (Å²) >= 11 is 6.40. The number of fused-ring (bicyclic) bond motifs is 1. The highest BCUT2D eigenvalue weighted by Gasteiger charge is 2.28. The lowest BCUT2D eigenvalue weighted by Gasteiger charge is -2.42. The van der Waals surface area contributed by atoms with Gasteiger partial charge >= 0.3 is 0 Å². The monoisotopic (exact) mass is 563 g/mol. The molecule has 6 rings (SSSR count). The summed E-state index contributed by atoms with van der Waals surface area (Å²) in [7, 11) is 3.80. The van der Waals surface area contributed by atoms with Crippen molar-refractivity contribution in [3.63, 3.8) is 0 Å². The molecule has 12 heteroatoms. The van der Waals surface area contributed by atoms with E-state index in [2.05, 4.69) is 47.7 Å². The average molecular weight is 564 g/mol. The Morgan fingerprint density at radius 1 is 1.00 bits per heavy atom. The van der Waals surface area contributed by atoms with Crippen LogP contribution < -0.4 is 25.6 Å². The third-order valence-electron chi connectivity index (χ3n) is 7.94. The molecule has 2 aromatic heterocycles. The maximum atomic E-state index is 12.3. The van der Waals surface area contributed by atoms with Crippen molar-refractivity contribution < 1.29 is 9.53 Å². The number of halogens is 1. The number of nitrogens with one attached hydrogen (secondary N) is 3. The fourth-order valence-corrected chi connectivity index (χ4v) is 5.79. The van der Waals surface area contributed by atoms with Gasteiger partial charge in [0.05, 0.1) is 24.6 Å². The summed E-state index contributed by atoms with van der Waals surface area (Å²) in [4.78, 5) is 33.4. The van der Waals surface area contributed by atoms with E-state index in [1.807, 2.05) is 30.3 Å². The second-order valence-corrected chi connectivity index (χ2v) is 10.9. The normalized spacial score (nSPS) is 18.4. The van der Waals surface area contributed by atoms with Gasteiger partial charge in [-0.3, -0.25) is 9.69 Å². The van der Waals surface area contributed by atoms with Crippen LogP contribution in [0, 0.1) is 0 Å². The average Bonchev–Trinajstić information content (AvgIpc) is 3.37. The van der Waals surface area contributed by atoms with E-state index in [9.17, 15) is 4.79 Å². The molecule has 0 unspecified atom stereocenters. The molecule has 3 aliphatic heterocycles. The molecule has 1 amide bonds. The van der Waals surface area contributed by atoms with E-state index in [0.29, 0.717) is 52.2 Å². The first-order valence-corrected chi connectivity index (χ1v) is 14.1. The van der Waals surface area contributed by atoms with Gasteiger partial charge in [0.25, 0.3) is 5.91 Å². The molecule has 0 bridgehead atoms. The molecule has 0 spiro atoms. The van der Waals surface area contributed by atoms with E-state index in [0.717, 1.165) is 63.5 Å². The van der Waals surface area contributed by atoms with Gasteiger partial charge in [0.2, 0.25) is 11.8 Å². The van der Waals surface area contributed by atoms with Gasteiger partial charge in [-0.1, -0.05) is 23.7 Å². The van der Waals surface area contributed by atoms with Crippen LogP contribution >= 0.6 is 11.6 Å². The van der Waals surface area contributed by atoms with Crippen LogP contribution in [0.25, 0.3) is 0 Å². The Kier molecular flexibility index (Phi) is 7.59. The molecule has 0 aliphatic carbocycles. The molecule has 0 atom stereocenters. The molecule has 11 nitrogen and oxygen atoms in total. The number of nitrogens with zero attached hydrogens (tertiary/aromatic N) is 6. The second kappa shape index (κ2) is 11.4. The molecular weight excluding hydrogens is 530 g/mol. The van der Waals surface area contributed by atoms with Crippen molar-refractivity contribution in [3.8, 4) is 5.88 Å². The number of hydrogen-bond donors (Lipinski definition) is 3. The summed E-state index contributed by atoms with van der Waals surface area (Å²) < 4.78 is 5.63. The van der Waals surface area contributed by atoms with Crippen molar-refractivity contribution in [1.82, 2.24) is 30.1 Å². The number of benzene rings is 1. The highest BCUT2D eigenvalue weighted by molar-refractivity contribution is 6.33. The summed E-state index contributed by atoms with van der Waals surface area (Å²) in [5.74, 6) is 1.95. The number of methoxy groups -OCH3 is 1. The number of amides is 1. The van der Waals surface area contributed by atoms with Gasteiger partial charge in [-0.05, 0) is 43.7 Å². The van der Waals surface area contributed by atoms with Gasteiger partial charge < -0.3 is 30.5 Å². The third kappa shape index (κ3) is 5.49. The van der Waals surface area contributed by atoms with Gasteiger partial charge in [-0.2, -0.15) is 9.97 Å². The molecule has 2 saturated heterocycles. The lowest BCUT2D eigenvalue weighted by Crippen LogP contribution is -2.52. The SMILES string of the molecule is COc1nc(N2CCC(N3CCN(C)CC3)CC2)ccc1Nc1ncc(Cl)c(Nc2cccc3c2C(=O)NC3)n1. The quantitative estimate of drug-likeness (QED) is 0.395. The Hall–Kier alpha value is -3.67. The largest absolute Gasteiger partial charge is 0.479 e. The minimum Gasteiger partial charge on any atom is -0.479 e. The third-order valence-corrected chi connectivity index (χ3v) is 8.22. The Balaban J connectivity index is 1.14. The molecule has 2 fully saturated rings. The van der Waals surface area contributed by atoms with Crippen LogP contribution in [-0.4, -0.2) is 90.1 Å². The maximum absolute atomic E-state index is 12.3. The van der Waals surface area contributed by atoms with Gasteiger partial charge in [0.1, 0.15) is 16.5 Å².